The molecule has 0 spiro atoms. The zero-order chi connectivity index (χ0) is 15.9. The van der Waals surface area contributed by atoms with Gasteiger partial charge in [-0.3, -0.25) is 9.59 Å². The molecule has 1 aliphatic carbocycles. The van der Waals surface area contributed by atoms with Crippen molar-refractivity contribution in [3.05, 3.63) is 0 Å². The molecule has 1 saturated carbocycles. The lowest BCUT2D eigenvalue weighted by molar-refractivity contribution is -0.143. The highest BCUT2D eigenvalue weighted by molar-refractivity contribution is 7.89. The predicted molar refractivity (Wildman–Crippen MR) is 75.9 cm³/mol. The highest BCUT2D eigenvalue weighted by Crippen LogP contribution is 2.34. The zero-order valence-corrected chi connectivity index (χ0v) is 13.3. The molecule has 0 aromatic carbocycles. The van der Waals surface area contributed by atoms with Gasteiger partial charge in [0.15, 0.2) is 0 Å². The summed E-state index contributed by atoms with van der Waals surface area (Å²) in [6.45, 7) is 1.98. The molecule has 0 aromatic heterocycles. The van der Waals surface area contributed by atoms with E-state index < -0.39 is 28.0 Å². The van der Waals surface area contributed by atoms with Crippen LogP contribution in [0.4, 0.5) is 0 Å². The quantitative estimate of drug-likeness (QED) is 0.591. The lowest BCUT2D eigenvalue weighted by Gasteiger charge is -2.17. The van der Waals surface area contributed by atoms with Gasteiger partial charge in [-0.1, -0.05) is 0 Å². The maximum atomic E-state index is 12.0. The van der Waals surface area contributed by atoms with Crippen molar-refractivity contribution >= 4 is 22.0 Å². The smallest absolute Gasteiger partial charge is 0.307 e. The summed E-state index contributed by atoms with van der Waals surface area (Å²) in [5, 5.41) is 0. The van der Waals surface area contributed by atoms with E-state index in [1.165, 1.54) is 7.11 Å². The Labute approximate surface area is 125 Å². The number of methoxy groups -OCH3 is 1. The van der Waals surface area contributed by atoms with E-state index in [0.717, 1.165) is 12.8 Å². The van der Waals surface area contributed by atoms with Crippen LogP contribution in [0, 0.1) is 5.92 Å². The molecule has 0 heterocycles. The van der Waals surface area contributed by atoms with E-state index in [-0.39, 0.29) is 37.5 Å². The average Bonchev–Trinajstić information content (AvgIpc) is 3.21. The van der Waals surface area contributed by atoms with Crippen LogP contribution in [0.2, 0.25) is 0 Å². The summed E-state index contributed by atoms with van der Waals surface area (Å²) in [6.07, 6.45) is 2.13. The van der Waals surface area contributed by atoms with E-state index >= 15 is 0 Å². The van der Waals surface area contributed by atoms with Gasteiger partial charge in [0.05, 0.1) is 25.9 Å². The van der Waals surface area contributed by atoms with Crippen LogP contribution in [0.5, 0.6) is 0 Å². The van der Waals surface area contributed by atoms with Gasteiger partial charge in [0.1, 0.15) is 0 Å². The molecule has 0 unspecified atom stereocenters. The fourth-order valence-electron chi connectivity index (χ4n) is 2.00. The number of rotatable bonds is 10. The Kier molecular flexibility index (Phi) is 7.10. The van der Waals surface area contributed by atoms with Crippen LogP contribution in [0.25, 0.3) is 0 Å². The molecule has 0 bridgehead atoms. The van der Waals surface area contributed by atoms with Crippen molar-refractivity contribution in [2.24, 2.45) is 5.92 Å². The molecule has 8 heteroatoms. The van der Waals surface area contributed by atoms with Gasteiger partial charge in [-0.25, -0.2) is 13.1 Å². The fraction of sp³-hybridized carbons (Fsp3) is 0.846. The van der Waals surface area contributed by atoms with E-state index in [0.29, 0.717) is 0 Å². The molecule has 0 saturated heterocycles. The van der Waals surface area contributed by atoms with Gasteiger partial charge in [0.25, 0.3) is 0 Å². The normalized spacial score (nSPS) is 16.3. The Morgan fingerprint density at radius 3 is 2.48 bits per heavy atom. The lowest BCUT2D eigenvalue weighted by Crippen LogP contribution is -2.39. The summed E-state index contributed by atoms with van der Waals surface area (Å²) in [7, 11) is -2.24. The van der Waals surface area contributed by atoms with Gasteiger partial charge in [-0.15, -0.1) is 0 Å². The standard InChI is InChI=1S/C13H23NO6S/c1-3-20-12(15)5-4-8-21(17,18)14-11(10-6-7-10)9-13(16)19-2/h10-11,14H,3-9H2,1-2H3/t11-/m0/s1. The van der Waals surface area contributed by atoms with E-state index in [1.54, 1.807) is 6.92 Å². The Bertz CT molecular complexity index is 457. The first-order valence-electron chi connectivity index (χ1n) is 7.10. The summed E-state index contributed by atoms with van der Waals surface area (Å²) >= 11 is 0. The number of carbonyl (C=O) groups is 2. The van der Waals surface area contributed by atoms with Crippen LogP contribution < -0.4 is 4.72 Å². The Morgan fingerprint density at radius 2 is 1.95 bits per heavy atom. The molecule has 122 valence electrons. The van der Waals surface area contributed by atoms with Crippen molar-refractivity contribution in [2.45, 2.75) is 45.1 Å². The molecule has 1 N–H and O–H groups in total. The second-order valence-corrected chi connectivity index (χ2v) is 6.94. The summed E-state index contributed by atoms with van der Waals surface area (Å²) in [5.74, 6) is -0.790. The molecule has 0 aromatic rings. The van der Waals surface area contributed by atoms with Crippen LogP contribution in [0.15, 0.2) is 0 Å². The topological polar surface area (TPSA) is 98.8 Å². The number of nitrogens with one attached hydrogen (secondary N) is 1. The molecule has 1 aliphatic rings. The highest BCUT2D eigenvalue weighted by atomic mass is 32.2. The Hall–Kier alpha value is -1.15. The summed E-state index contributed by atoms with van der Waals surface area (Å²) in [4.78, 5) is 22.5. The van der Waals surface area contributed by atoms with Crippen molar-refractivity contribution in [1.82, 2.24) is 4.72 Å². The first-order valence-corrected chi connectivity index (χ1v) is 8.75. The highest BCUT2D eigenvalue weighted by Gasteiger charge is 2.35. The molecule has 1 rings (SSSR count). The lowest BCUT2D eigenvalue weighted by atomic mass is 10.1. The van der Waals surface area contributed by atoms with Crippen LogP contribution in [-0.2, 0) is 29.1 Å². The molecular formula is C13H23NO6S. The first-order chi connectivity index (χ1) is 9.88. The van der Waals surface area contributed by atoms with Gasteiger partial charge in [0.2, 0.25) is 10.0 Å². The van der Waals surface area contributed by atoms with Crippen molar-refractivity contribution < 1.29 is 27.5 Å². The number of hydrogen-bond donors (Lipinski definition) is 1. The number of carbonyl (C=O) groups excluding carboxylic acids is 2. The zero-order valence-electron chi connectivity index (χ0n) is 12.5. The Balaban J connectivity index is 2.41. The molecule has 7 nitrogen and oxygen atoms in total. The fourth-order valence-corrected chi connectivity index (χ4v) is 3.37. The third kappa shape index (κ3) is 7.42. The van der Waals surface area contributed by atoms with Crippen LogP contribution in [-0.4, -0.2) is 45.9 Å². The molecular weight excluding hydrogens is 298 g/mol. The largest absolute Gasteiger partial charge is 0.469 e. The maximum absolute atomic E-state index is 12.0. The predicted octanol–water partition coefficient (Wildman–Crippen LogP) is 0.591. The van der Waals surface area contributed by atoms with Crippen LogP contribution in [0.1, 0.15) is 39.0 Å². The van der Waals surface area contributed by atoms with Crippen molar-refractivity contribution in [1.29, 1.82) is 0 Å². The second kappa shape index (κ2) is 8.33. The van der Waals surface area contributed by atoms with Gasteiger partial charge in [-0.2, -0.15) is 0 Å². The molecule has 0 amide bonds. The average molecular weight is 321 g/mol. The summed E-state index contributed by atoms with van der Waals surface area (Å²) < 4.78 is 35.8. The number of ether oxygens (including phenoxy) is 2. The monoisotopic (exact) mass is 321 g/mol. The minimum atomic E-state index is -3.52. The minimum Gasteiger partial charge on any atom is -0.469 e. The van der Waals surface area contributed by atoms with Gasteiger partial charge >= 0.3 is 11.9 Å². The number of hydrogen-bond acceptors (Lipinski definition) is 6. The molecule has 1 atom stereocenters. The SMILES string of the molecule is CCOC(=O)CCCS(=O)(=O)N[C@@H](CC(=O)OC)C1CC1. The molecule has 1 fully saturated rings. The van der Waals surface area contributed by atoms with E-state index in [9.17, 15) is 18.0 Å². The van der Waals surface area contributed by atoms with Crippen LogP contribution in [0.3, 0.4) is 0 Å². The molecule has 21 heavy (non-hydrogen) atoms. The second-order valence-electron chi connectivity index (χ2n) is 5.07. The third-order valence-corrected chi connectivity index (χ3v) is 4.72. The summed E-state index contributed by atoms with van der Waals surface area (Å²) in [6, 6.07) is -0.412. The maximum Gasteiger partial charge on any atom is 0.307 e. The molecule has 0 aliphatic heterocycles. The van der Waals surface area contributed by atoms with E-state index in [4.69, 9.17) is 4.74 Å². The Morgan fingerprint density at radius 1 is 1.29 bits per heavy atom. The van der Waals surface area contributed by atoms with Gasteiger partial charge in [0, 0.05) is 12.5 Å². The number of sulfonamides is 1. The number of esters is 2. The minimum absolute atomic E-state index is 0.0400. The van der Waals surface area contributed by atoms with E-state index in [2.05, 4.69) is 9.46 Å². The van der Waals surface area contributed by atoms with Gasteiger partial charge in [-0.05, 0) is 32.1 Å². The van der Waals surface area contributed by atoms with Crippen molar-refractivity contribution in [3.63, 3.8) is 0 Å². The van der Waals surface area contributed by atoms with Crippen molar-refractivity contribution in [2.75, 3.05) is 19.5 Å². The summed E-state index contributed by atoms with van der Waals surface area (Å²) in [5.41, 5.74) is 0. The van der Waals surface area contributed by atoms with E-state index in [1.807, 2.05) is 0 Å². The third-order valence-electron chi connectivity index (χ3n) is 3.24. The first kappa shape index (κ1) is 17.9. The van der Waals surface area contributed by atoms with Crippen molar-refractivity contribution in [3.8, 4) is 0 Å². The van der Waals surface area contributed by atoms with Gasteiger partial charge < -0.3 is 9.47 Å². The molecule has 0 radical (unpaired) electrons. The van der Waals surface area contributed by atoms with Crippen LogP contribution >= 0.6 is 0 Å².